The number of hydrogen-bond donors (Lipinski definition) is 1. The van der Waals surface area contributed by atoms with Crippen LogP contribution < -0.4 is 5.56 Å². The van der Waals surface area contributed by atoms with Gasteiger partial charge in [-0.25, -0.2) is 9.78 Å². The third kappa shape index (κ3) is 3.21. The molecule has 0 radical (unpaired) electrons. The summed E-state index contributed by atoms with van der Waals surface area (Å²) >= 11 is 4.09. The van der Waals surface area contributed by atoms with Gasteiger partial charge in [-0.05, 0) is 26.3 Å². The van der Waals surface area contributed by atoms with E-state index in [0.717, 1.165) is 4.34 Å². The lowest BCUT2D eigenvalue weighted by atomic mass is 10.2. The highest BCUT2D eigenvalue weighted by atomic mass is 32.2. The zero-order valence-corrected chi connectivity index (χ0v) is 15.6. The molecule has 10 heteroatoms. The highest BCUT2D eigenvalue weighted by Gasteiger charge is 2.21. The molecule has 0 fully saturated rings. The minimum atomic E-state index is -0.421. The number of rotatable bonds is 5. The van der Waals surface area contributed by atoms with Crippen LogP contribution in [-0.4, -0.2) is 32.7 Å². The molecule has 3 aromatic rings. The van der Waals surface area contributed by atoms with Crippen molar-refractivity contribution in [1.29, 1.82) is 0 Å². The molecule has 0 bridgehead atoms. The maximum Gasteiger partial charge on any atom is 0.348 e. The molecule has 0 aromatic carbocycles. The topological polar surface area (TPSA) is 97.8 Å². The SMILES string of the molecule is CCOC(=O)c1sc2nc([C@H](C)Sc3nncs3)[nH]c(=O)c2c1C. The third-order valence-corrected chi connectivity index (χ3v) is 6.37. The van der Waals surface area contributed by atoms with E-state index in [4.69, 9.17) is 4.74 Å². The van der Waals surface area contributed by atoms with Gasteiger partial charge in [-0.2, -0.15) is 0 Å². The van der Waals surface area contributed by atoms with Crippen LogP contribution in [0, 0.1) is 6.92 Å². The van der Waals surface area contributed by atoms with Gasteiger partial charge in [0.2, 0.25) is 0 Å². The molecule has 0 aliphatic rings. The number of thiophene rings is 1. The zero-order valence-electron chi connectivity index (χ0n) is 13.2. The van der Waals surface area contributed by atoms with Gasteiger partial charge in [-0.3, -0.25) is 4.79 Å². The molecule has 7 nitrogen and oxygen atoms in total. The Morgan fingerprint density at radius 2 is 2.29 bits per heavy atom. The van der Waals surface area contributed by atoms with Gasteiger partial charge >= 0.3 is 5.97 Å². The average Bonchev–Trinajstić information content (AvgIpc) is 3.15. The molecular weight excluding hydrogens is 368 g/mol. The summed E-state index contributed by atoms with van der Waals surface area (Å²) < 4.78 is 5.84. The summed E-state index contributed by atoms with van der Waals surface area (Å²) in [6.07, 6.45) is 0. The van der Waals surface area contributed by atoms with E-state index in [0.29, 0.717) is 26.5 Å². The van der Waals surface area contributed by atoms with Gasteiger partial charge in [0.15, 0.2) is 4.34 Å². The Balaban J connectivity index is 2.00. The van der Waals surface area contributed by atoms with Crippen molar-refractivity contribution >= 4 is 50.6 Å². The number of hydrogen-bond acceptors (Lipinski definition) is 9. The molecule has 0 aliphatic heterocycles. The van der Waals surface area contributed by atoms with E-state index in [-0.39, 0.29) is 17.4 Å². The first kappa shape index (κ1) is 17.1. The van der Waals surface area contributed by atoms with Crippen molar-refractivity contribution in [1.82, 2.24) is 20.2 Å². The molecule has 0 aliphatic carbocycles. The number of esters is 1. The van der Waals surface area contributed by atoms with Crippen LogP contribution in [-0.2, 0) is 4.74 Å². The number of thioether (sulfide) groups is 1. The van der Waals surface area contributed by atoms with E-state index < -0.39 is 5.97 Å². The molecule has 1 N–H and O–H groups in total. The molecular formula is C14H14N4O3S3. The molecule has 3 rings (SSSR count). The first-order valence-electron chi connectivity index (χ1n) is 7.14. The fraction of sp³-hybridized carbons (Fsp3) is 0.357. The van der Waals surface area contributed by atoms with Crippen LogP contribution in [0.3, 0.4) is 0 Å². The molecule has 0 amide bonds. The van der Waals surface area contributed by atoms with Gasteiger partial charge in [0.1, 0.15) is 21.0 Å². The fourth-order valence-corrected chi connectivity index (χ4v) is 4.93. The minimum Gasteiger partial charge on any atom is -0.462 e. The van der Waals surface area contributed by atoms with Crippen molar-refractivity contribution in [2.24, 2.45) is 0 Å². The van der Waals surface area contributed by atoms with Crippen molar-refractivity contribution in [3.63, 3.8) is 0 Å². The van der Waals surface area contributed by atoms with Crippen LogP contribution in [0.15, 0.2) is 14.6 Å². The van der Waals surface area contributed by atoms with E-state index in [1.54, 1.807) is 19.4 Å². The minimum absolute atomic E-state index is 0.0940. The summed E-state index contributed by atoms with van der Waals surface area (Å²) in [6, 6.07) is 0. The zero-order chi connectivity index (χ0) is 17.3. The predicted octanol–water partition coefficient (Wildman–Crippen LogP) is 3.17. The third-order valence-electron chi connectivity index (χ3n) is 3.28. The second kappa shape index (κ2) is 6.99. The summed E-state index contributed by atoms with van der Waals surface area (Å²) in [5.74, 6) is 0.125. The predicted molar refractivity (Wildman–Crippen MR) is 95.1 cm³/mol. The molecule has 126 valence electrons. The van der Waals surface area contributed by atoms with Gasteiger partial charge in [0, 0.05) is 0 Å². The molecule has 3 aromatic heterocycles. The lowest BCUT2D eigenvalue weighted by molar-refractivity contribution is 0.0531. The number of fused-ring (bicyclic) bond motifs is 1. The second-order valence-corrected chi connectivity index (χ2v) is 8.29. The summed E-state index contributed by atoms with van der Waals surface area (Å²) in [5, 5.41) is 8.13. The van der Waals surface area contributed by atoms with Crippen LogP contribution in [0.1, 0.15) is 40.2 Å². The van der Waals surface area contributed by atoms with Crippen LogP contribution >= 0.6 is 34.4 Å². The molecule has 0 saturated heterocycles. The van der Waals surface area contributed by atoms with E-state index in [1.807, 2.05) is 6.92 Å². The van der Waals surface area contributed by atoms with E-state index in [2.05, 4.69) is 20.2 Å². The Hall–Kier alpha value is -1.78. The standard InChI is InChI=1S/C14H14N4O3S3/c1-4-21-13(20)9-6(2)8-11(19)16-10(17-12(8)24-9)7(3)23-14-18-15-5-22-14/h5,7H,4H2,1-3H3,(H,16,17,19)/t7-/m0/s1. The monoisotopic (exact) mass is 382 g/mol. The smallest absolute Gasteiger partial charge is 0.348 e. The molecule has 0 spiro atoms. The van der Waals surface area contributed by atoms with E-state index >= 15 is 0 Å². The summed E-state index contributed by atoms with van der Waals surface area (Å²) in [6.45, 7) is 5.71. The van der Waals surface area contributed by atoms with Crippen LogP contribution in [0.25, 0.3) is 10.2 Å². The van der Waals surface area contributed by atoms with Crippen molar-refractivity contribution in [2.75, 3.05) is 6.61 Å². The number of nitrogens with zero attached hydrogens (tertiary/aromatic N) is 3. The lowest BCUT2D eigenvalue weighted by Crippen LogP contribution is -2.12. The Labute approximate surface area is 149 Å². The molecule has 1 atom stereocenters. The maximum atomic E-state index is 12.4. The second-order valence-electron chi connectivity index (χ2n) is 4.87. The van der Waals surface area contributed by atoms with Crippen molar-refractivity contribution in [2.45, 2.75) is 30.4 Å². The summed E-state index contributed by atoms with van der Waals surface area (Å²) in [5.41, 5.74) is 2.02. The number of aryl methyl sites for hydroxylation is 1. The van der Waals surface area contributed by atoms with Gasteiger partial charge in [0.25, 0.3) is 5.56 Å². The number of aromatic nitrogens is 4. The highest BCUT2D eigenvalue weighted by molar-refractivity contribution is 8.01. The first-order valence-corrected chi connectivity index (χ1v) is 9.72. The maximum absolute atomic E-state index is 12.4. The molecule has 0 unspecified atom stereocenters. The number of aromatic amines is 1. The lowest BCUT2D eigenvalue weighted by Gasteiger charge is -2.07. The van der Waals surface area contributed by atoms with Crippen molar-refractivity contribution in [3.8, 4) is 0 Å². The first-order chi connectivity index (χ1) is 11.5. The number of H-pyrrole nitrogens is 1. The average molecular weight is 382 g/mol. The Morgan fingerprint density at radius 3 is 2.96 bits per heavy atom. The van der Waals surface area contributed by atoms with Crippen LogP contribution in [0.4, 0.5) is 0 Å². The molecule has 3 heterocycles. The van der Waals surface area contributed by atoms with Crippen molar-refractivity contribution < 1.29 is 9.53 Å². The summed E-state index contributed by atoms with van der Waals surface area (Å²) in [4.78, 5) is 32.8. The van der Waals surface area contributed by atoms with Crippen LogP contribution in [0.2, 0.25) is 0 Å². The van der Waals surface area contributed by atoms with Gasteiger partial charge in [-0.15, -0.1) is 21.5 Å². The quantitative estimate of drug-likeness (QED) is 0.534. The normalized spacial score (nSPS) is 12.5. The largest absolute Gasteiger partial charge is 0.462 e. The van der Waals surface area contributed by atoms with Gasteiger partial charge < -0.3 is 9.72 Å². The van der Waals surface area contributed by atoms with Gasteiger partial charge in [0.05, 0.1) is 17.2 Å². The van der Waals surface area contributed by atoms with Crippen molar-refractivity contribution in [3.05, 3.63) is 32.1 Å². The molecule has 24 heavy (non-hydrogen) atoms. The number of carbonyl (C=O) groups is 1. The van der Waals surface area contributed by atoms with Crippen LogP contribution in [0.5, 0.6) is 0 Å². The molecule has 0 saturated carbocycles. The Bertz CT molecular complexity index is 933. The Kier molecular flexibility index (Phi) is 4.97. The number of nitrogens with one attached hydrogen (secondary N) is 1. The summed E-state index contributed by atoms with van der Waals surface area (Å²) in [7, 11) is 0. The number of ether oxygens (including phenoxy) is 1. The number of carbonyl (C=O) groups excluding carboxylic acids is 1. The highest BCUT2D eigenvalue weighted by Crippen LogP contribution is 2.35. The van der Waals surface area contributed by atoms with E-state index in [1.165, 1.54) is 34.4 Å². The van der Waals surface area contributed by atoms with E-state index in [9.17, 15) is 9.59 Å². The van der Waals surface area contributed by atoms with Gasteiger partial charge in [-0.1, -0.05) is 23.1 Å². The Morgan fingerprint density at radius 1 is 1.50 bits per heavy atom. The fourth-order valence-electron chi connectivity index (χ4n) is 2.17.